The third-order valence-electron chi connectivity index (χ3n) is 4.76. The summed E-state index contributed by atoms with van der Waals surface area (Å²) in [6.45, 7) is 2.49. The molecule has 0 N–H and O–H groups in total. The quantitative estimate of drug-likeness (QED) is 0.748. The van der Waals surface area contributed by atoms with E-state index in [-0.39, 0.29) is 23.7 Å². The van der Waals surface area contributed by atoms with Gasteiger partial charge in [-0.2, -0.15) is 8.42 Å². The Hall–Kier alpha value is -1.77. The molecule has 0 bridgehead atoms. The zero-order valence-electron chi connectivity index (χ0n) is 15.0. The molecule has 2 aliphatic rings. The summed E-state index contributed by atoms with van der Waals surface area (Å²) >= 11 is 0. The lowest BCUT2D eigenvalue weighted by atomic mass is 10.0. The topological polar surface area (TPSA) is 71.1 Å². The molecule has 4 atom stereocenters. The van der Waals surface area contributed by atoms with Crippen LogP contribution in [-0.2, 0) is 28.5 Å². The van der Waals surface area contributed by atoms with E-state index in [1.54, 1.807) is 24.3 Å². The lowest BCUT2D eigenvalue weighted by molar-refractivity contribution is -0.286. The summed E-state index contributed by atoms with van der Waals surface area (Å²) < 4.78 is 48.0. The minimum atomic E-state index is -3.85. The molecule has 2 fully saturated rings. The van der Waals surface area contributed by atoms with Crippen LogP contribution < -0.4 is 0 Å². The first-order valence-electron chi connectivity index (χ1n) is 8.95. The van der Waals surface area contributed by atoms with Gasteiger partial charge in [0.25, 0.3) is 10.1 Å². The van der Waals surface area contributed by atoms with Crippen molar-refractivity contribution in [1.29, 1.82) is 0 Å². The molecule has 2 saturated heterocycles. The number of rotatable bonds is 4. The van der Waals surface area contributed by atoms with E-state index in [1.165, 1.54) is 0 Å². The minimum Gasteiger partial charge on any atom is -0.370 e. The Morgan fingerprint density at radius 2 is 1.67 bits per heavy atom. The molecule has 0 amide bonds. The van der Waals surface area contributed by atoms with E-state index in [0.717, 1.165) is 11.1 Å². The van der Waals surface area contributed by atoms with Crippen LogP contribution in [-0.4, -0.2) is 39.9 Å². The van der Waals surface area contributed by atoms with Gasteiger partial charge < -0.3 is 14.2 Å². The molecule has 27 heavy (non-hydrogen) atoms. The number of hydrogen-bond donors (Lipinski definition) is 0. The molecule has 7 heteroatoms. The van der Waals surface area contributed by atoms with Crippen molar-refractivity contribution in [2.75, 3.05) is 13.2 Å². The summed E-state index contributed by atoms with van der Waals surface area (Å²) in [4.78, 5) is 0.144. The molecule has 0 radical (unpaired) electrons. The predicted molar refractivity (Wildman–Crippen MR) is 97.6 cm³/mol. The fourth-order valence-corrected chi connectivity index (χ4v) is 4.36. The molecule has 0 spiro atoms. The molecule has 144 valence electrons. The Kier molecular flexibility index (Phi) is 5.29. The lowest BCUT2D eigenvalue weighted by Gasteiger charge is -2.41. The monoisotopic (exact) mass is 390 g/mol. The van der Waals surface area contributed by atoms with Crippen LogP contribution in [0.2, 0.25) is 0 Å². The molecular formula is C20H22O6S. The Bertz CT molecular complexity index is 865. The number of fused-ring (bicyclic) bond motifs is 1. The van der Waals surface area contributed by atoms with Crippen molar-refractivity contribution in [2.45, 2.75) is 42.8 Å². The van der Waals surface area contributed by atoms with Gasteiger partial charge in [-0.05, 0) is 19.1 Å². The Morgan fingerprint density at radius 3 is 2.41 bits per heavy atom. The van der Waals surface area contributed by atoms with Gasteiger partial charge in [-0.25, -0.2) is 0 Å². The molecule has 1 unspecified atom stereocenters. The summed E-state index contributed by atoms with van der Waals surface area (Å²) in [7, 11) is -3.85. The maximum absolute atomic E-state index is 12.5. The first kappa shape index (κ1) is 18.6. The Balaban J connectivity index is 1.42. The van der Waals surface area contributed by atoms with E-state index in [4.69, 9.17) is 18.4 Å². The van der Waals surface area contributed by atoms with Crippen molar-refractivity contribution >= 4 is 10.1 Å². The van der Waals surface area contributed by atoms with Crippen molar-refractivity contribution < 1.29 is 26.8 Å². The molecule has 2 heterocycles. The highest BCUT2D eigenvalue weighted by Crippen LogP contribution is 2.33. The van der Waals surface area contributed by atoms with Crippen molar-refractivity contribution in [1.82, 2.24) is 0 Å². The van der Waals surface area contributed by atoms with Gasteiger partial charge in [0.2, 0.25) is 0 Å². The minimum absolute atomic E-state index is 0.144. The van der Waals surface area contributed by atoms with Gasteiger partial charge >= 0.3 is 0 Å². The molecule has 0 saturated carbocycles. The summed E-state index contributed by atoms with van der Waals surface area (Å²) in [6, 6.07) is 16.2. The fourth-order valence-electron chi connectivity index (χ4n) is 3.29. The number of aryl methyl sites for hydroxylation is 1. The van der Waals surface area contributed by atoms with Crippen molar-refractivity contribution in [3.8, 4) is 0 Å². The van der Waals surface area contributed by atoms with E-state index in [1.807, 2.05) is 37.3 Å². The highest BCUT2D eigenvalue weighted by molar-refractivity contribution is 7.86. The maximum atomic E-state index is 12.5. The smallest absolute Gasteiger partial charge is 0.297 e. The zero-order chi connectivity index (χ0) is 18.9. The second-order valence-electron chi connectivity index (χ2n) is 6.84. The van der Waals surface area contributed by atoms with Crippen LogP contribution in [0.3, 0.4) is 0 Å². The Labute approximate surface area is 159 Å². The third-order valence-corrected chi connectivity index (χ3v) is 6.14. The van der Waals surface area contributed by atoms with E-state index in [0.29, 0.717) is 13.0 Å². The first-order valence-corrected chi connectivity index (χ1v) is 10.4. The van der Waals surface area contributed by atoms with Crippen molar-refractivity contribution in [3.63, 3.8) is 0 Å². The third kappa shape index (κ3) is 4.23. The highest BCUT2D eigenvalue weighted by atomic mass is 32.2. The van der Waals surface area contributed by atoms with E-state index < -0.39 is 22.5 Å². The van der Waals surface area contributed by atoms with Gasteiger partial charge in [0.1, 0.15) is 12.2 Å². The molecular weight excluding hydrogens is 368 g/mol. The maximum Gasteiger partial charge on any atom is 0.297 e. The summed E-state index contributed by atoms with van der Waals surface area (Å²) in [5.74, 6) is 0. The van der Waals surface area contributed by atoms with Gasteiger partial charge in [-0.15, -0.1) is 0 Å². The van der Waals surface area contributed by atoms with E-state index in [9.17, 15) is 8.42 Å². The normalized spacial score (nSPS) is 28.5. The molecule has 2 aliphatic heterocycles. The van der Waals surface area contributed by atoms with Crippen LogP contribution in [0.4, 0.5) is 0 Å². The molecule has 6 nitrogen and oxygen atoms in total. The second kappa shape index (κ2) is 7.69. The summed E-state index contributed by atoms with van der Waals surface area (Å²) in [6.07, 6.45) is -1.14. The molecule has 2 aromatic carbocycles. The van der Waals surface area contributed by atoms with E-state index in [2.05, 4.69) is 0 Å². The van der Waals surface area contributed by atoms with Gasteiger partial charge in [0.05, 0.1) is 24.2 Å². The first-order chi connectivity index (χ1) is 13.0. The Morgan fingerprint density at radius 1 is 0.926 bits per heavy atom. The average molecular weight is 390 g/mol. The van der Waals surface area contributed by atoms with Gasteiger partial charge in [0, 0.05) is 12.0 Å². The zero-order valence-corrected chi connectivity index (χ0v) is 15.8. The predicted octanol–water partition coefficient (Wildman–Crippen LogP) is 2.97. The molecule has 2 aromatic rings. The van der Waals surface area contributed by atoms with E-state index >= 15 is 0 Å². The molecule has 0 aliphatic carbocycles. The van der Waals surface area contributed by atoms with Crippen LogP contribution in [0.15, 0.2) is 59.5 Å². The second-order valence-corrected chi connectivity index (χ2v) is 8.42. The largest absolute Gasteiger partial charge is 0.370 e. The number of ether oxygens (including phenoxy) is 3. The van der Waals surface area contributed by atoms with Crippen LogP contribution in [0.1, 0.15) is 23.8 Å². The van der Waals surface area contributed by atoms with Crippen LogP contribution in [0.5, 0.6) is 0 Å². The SMILES string of the molecule is Cc1ccc(S(=O)(=O)O[C@H]2CO[C@@H]3COC(c4ccccc4)O[C@H]3C2)cc1. The highest BCUT2D eigenvalue weighted by Gasteiger charge is 2.40. The number of benzene rings is 2. The van der Waals surface area contributed by atoms with Gasteiger partial charge in [0.15, 0.2) is 6.29 Å². The fraction of sp³-hybridized carbons (Fsp3) is 0.400. The standard InChI is InChI=1S/C20H22O6S/c1-14-7-9-17(10-8-14)27(21,22)26-16-11-18-19(23-12-16)13-24-20(25-18)15-5-3-2-4-6-15/h2-10,16,18-20H,11-13H2,1H3/t16-,18+,19-,20?/m1/s1. The van der Waals surface area contributed by atoms with Crippen LogP contribution in [0.25, 0.3) is 0 Å². The van der Waals surface area contributed by atoms with Crippen LogP contribution in [0, 0.1) is 6.92 Å². The molecule has 4 rings (SSSR count). The lowest BCUT2D eigenvalue weighted by Crippen LogP contribution is -2.50. The van der Waals surface area contributed by atoms with Crippen molar-refractivity contribution in [2.24, 2.45) is 0 Å². The molecule has 0 aromatic heterocycles. The van der Waals surface area contributed by atoms with Gasteiger partial charge in [-0.1, -0.05) is 48.0 Å². The van der Waals surface area contributed by atoms with Crippen LogP contribution >= 0.6 is 0 Å². The average Bonchev–Trinajstić information content (AvgIpc) is 2.68. The number of hydrogen-bond acceptors (Lipinski definition) is 6. The summed E-state index contributed by atoms with van der Waals surface area (Å²) in [5, 5.41) is 0. The van der Waals surface area contributed by atoms with Crippen molar-refractivity contribution in [3.05, 3.63) is 65.7 Å². The summed E-state index contributed by atoms with van der Waals surface area (Å²) in [5.41, 5.74) is 1.91. The van der Waals surface area contributed by atoms with Gasteiger partial charge in [-0.3, -0.25) is 4.18 Å².